The van der Waals surface area contributed by atoms with Crippen LogP contribution in [0.4, 0.5) is 4.39 Å². The molecule has 102 valence electrons. The van der Waals surface area contributed by atoms with E-state index in [1.165, 1.54) is 29.7 Å². The summed E-state index contributed by atoms with van der Waals surface area (Å²) in [4.78, 5) is 15.9. The fourth-order valence-electron chi connectivity index (χ4n) is 1.70. The number of hydrogen-bond donors (Lipinski definition) is 0. The number of aryl methyl sites for hydroxylation is 1. The SMILES string of the molecule is Cc1nscc1C(=O)OCc1nc2ccc(F)cc2o1. The topological polar surface area (TPSA) is 65.2 Å². The first-order valence-corrected chi connectivity index (χ1v) is 6.60. The second-order valence-corrected chi connectivity index (χ2v) is 4.74. The Morgan fingerprint density at radius 1 is 1.50 bits per heavy atom. The van der Waals surface area contributed by atoms with Gasteiger partial charge in [-0.15, -0.1) is 0 Å². The summed E-state index contributed by atoms with van der Waals surface area (Å²) in [6, 6.07) is 4.04. The van der Waals surface area contributed by atoms with E-state index in [1.807, 2.05) is 0 Å². The maximum Gasteiger partial charge on any atom is 0.341 e. The Kier molecular flexibility index (Phi) is 3.19. The predicted octanol–water partition coefficient (Wildman–Crippen LogP) is 3.09. The van der Waals surface area contributed by atoms with Gasteiger partial charge in [-0.1, -0.05) is 0 Å². The van der Waals surface area contributed by atoms with E-state index in [4.69, 9.17) is 9.15 Å². The van der Waals surface area contributed by atoms with Crippen LogP contribution in [0, 0.1) is 12.7 Å². The average Bonchev–Trinajstić information content (AvgIpc) is 3.01. The zero-order valence-corrected chi connectivity index (χ0v) is 11.2. The summed E-state index contributed by atoms with van der Waals surface area (Å²) in [5.41, 5.74) is 1.90. The first-order chi connectivity index (χ1) is 9.63. The first kappa shape index (κ1) is 12.7. The van der Waals surface area contributed by atoms with Gasteiger partial charge in [0.25, 0.3) is 0 Å². The Balaban J connectivity index is 1.74. The molecule has 2 aromatic heterocycles. The number of fused-ring (bicyclic) bond motifs is 1. The molecule has 0 aliphatic carbocycles. The third kappa shape index (κ3) is 2.39. The van der Waals surface area contributed by atoms with Gasteiger partial charge in [0, 0.05) is 11.4 Å². The van der Waals surface area contributed by atoms with Crippen LogP contribution in [0.5, 0.6) is 0 Å². The Bertz CT molecular complexity index is 781. The van der Waals surface area contributed by atoms with Crippen LogP contribution in [0.3, 0.4) is 0 Å². The van der Waals surface area contributed by atoms with Crippen LogP contribution in [0.25, 0.3) is 11.1 Å². The Labute approximate surface area is 117 Å². The van der Waals surface area contributed by atoms with Crippen molar-refractivity contribution in [3.63, 3.8) is 0 Å². The van der Waals surface area contributed by atoms with E-state index in [1.54, 1.807) is 12.3 Å². The molecule has 0 unspecified atom stereocenters. The molecule has 0 spiro atoms. The highest BCUT2D eigenvalue weighted by Gasteiger charge is 2.14. The molecule has 0 radical (unpaired) electrons. The van der Waals surface area contributed by atoms with E-state index in [2.05, 4.69) is 9.36 Å². The minimum atomic E-state index is -0.482. The Morgan fingerprint density at radius 2 is 2.35 bits per heavy atom. The molecule has 0 N–H and O–H groups in total. The van der Waals surface area contributed by atoms with Gasteiger partial charge in [0.05, 0.1) is 11.3 Å². The van der Waals surface area contributed by atoms with Crippen LogP contribution >= 0.6 is 11.5 Å². The number of ether oxygens (including phenoxy) is 1. The molecular formula is C13H9FN2O3S. The van der Waals surface area contributed by atoms with Crippen molar-refractivity contribution in [1.82, 2.24) is 9.36 Å². The van der Waals surface area contributed by atoms with Crippen molar-refractivity contribution in [1.29, 1.82) is 0 Å². The predicted molar refractivity (Wildman–Crippen MR) is 69.9 cm³/mol. The third-order valence-electron chi connectivity index (χ3n) is 2.69. The number of nitrogens with zero attached hydrogens (tertiary/aromatic N) is 2. The second-order valence-electron chi connectivity index (χ2n) is 4.11. The minimum Gasteiger partial charge on any atom is -0.452 e. The average molecular weight is 292 g/mol. The number of oxazole rings is 1. The standard InChI is InChI=1S/C13H9FN2O3S/c1-7-9(6-20-16-7)13(17)18-5-12-15-10-3-2-8(14)4-11(10)19-12/h2-4,6H,5H2,1H3. The van der Waals surface area contributed by atoms with Gasteiger partial charge in [0.2, 0.25) is 5.89 Å². The molecule has 0 saturated heterocycles. The van der Waals surface area contributed by atoms with Crippen LogP contribution in [0.1, 0.15) is 21.9 Å². The molecule has 3 rings (SSSR count). The maximum atomic E-state index is 13.0. The van der Waals surface area contributed by atoms with Crippen LogP contribution in [0.15, 0.2) is 28.0 Å². The molecule has 7 heteroatoms. The van der Waals surface area contributed by atoms with Crippen molar-refractivity contribution in [2.24, 2.45) is 0 Å². The minimum absolute atomic E-state index is 0.107. The molecule has 2 heterocycles. The van der Waals surface area contributed by atoms with E-state index < -0.39 is 11.8 Å². The summed E-state index contributed by atoms with van der Waals surface area (Å²) >= 11 is 1.19. The molecule has 0 amide bonds. The van der Waals surface area contributed by atoms with E-state index in [-0.39, 0.29) is 12.5 Å². The Hall–Kier alpha value is -2.28. The highest BCUT2D eigenvalue weighted by atomic mass is 32.1. The van der Waals surface area contributed by atoms with Crippen LogP contribution < -0.4 is 0 Å². The number of benzene rings is 1. The van der Waals surface area contributed by atoms with Gasteiger partial charge in [0.1, 0.15) is 11.3 Å². The highest BCUT2D eigenvalue weighted by Crippen LogP contribution is 2.18. The summed E-state index contributed by atoms with van der Waals surface area (Å²) in [6.45, 7) is 1.62. The van der Waals surface area contributed by atoms with E-state index in [0.717, 1.165) is 0 Å². The van der Waals surface area contributed by atoms with Gasteiger partial charge in [0.15, 0.2) is 12.2 Å². The molecule has 0 atom stereocenters. The smallest absolute Gasteiger partial charge is 0.341 e. The number of aromatic nitrogens is 2. The second kappa shape index (κ2) is 5.01. The first-order valence-electron chi connectivity index (χ1n) is 5.76. The third-order valence-corrected chi connectivity index (χ3v) is 3.41. The van der Waals surface area contributed by atoms with Crippen LogP contribution in [-0.4, -0.2) is 15.3 Å². The van der Waals surface area contributed by atoms with Gasteiger partial charge >= 0.3 is 5.97 Å². The number of hydrogen-bond acceptors (Lipinski definition) is 6. The van der Waals surface area contributed by atoms with Crippen molar-refractivity contribution in [2.45, 2.75) is 13.5 Å². The lowest BCUT2D eigenvalue weighted by Crippen LogP contribution is -2.05. The van der Waals surface area contributed by atoms with Crippen molar-refractivity contribution in [3.8, 4) is 0 Å². The fourth-order valence-corrected chi connectivity index (χ4v) is 2.38. The summed E-state index contributed by atoms with van der Waals surface area (Å²) in [5, 5.41) is 1.62. The van der Waals surface area contributed by atoms with Gasteiger partial charge in [-0.25, -0.2) is 14.2 Å². The monoisotopic (exact) mass is 292 g/mol. The van der Waals surface area contributed by atoms with E-state index in [0.29, 0.717) is 22.4 Å². The van der Waals surface area contributed by atoms with Crippen molar-refractivity contribution in [3.05, 3.63) is 46.5 Å². The quantitative estimate of drug-likeness (QED) is 0.694. The lowest BCUT2D eigenvalue weighted by Gasteiger charge is -2.00. The fraction of sp³-hybridized carbons (Fsp3) is 0.154. The molecule has 0 aliphatic rings. The zero-order chi connectivity index (χ0) is 14.1. The number of esters is 1. The van der Waals surface area contributed by atoms with E-state index in [9.17, 15) is 9.18 Å². The molecule has 3 aromatic rings. The van der Waals surface area contributed by atoms with Gasteiger partial charge in [-0.05, 0) is 30.6 Å². The normalized spacial score (nSPS) is 10.9. The summed E-state index contributed by atoms with van der Waals surface area (Å²) in [7, 11) is 0. The Morgan fingerprint density at radius 3 is 3.10 bits per heavy atom. The summed E-state index contributed by atoms with van der Waals surface area (Å²) in [5.74, 6) is -0.665. The number of carbonyl (C=O) groups is 1. The lowest BCUT2D eigenvalue weighted by molar-refractivity contribution is 0.0440. The molecule has 20 heavy (non-hydrogen) atoms. The molecule has 0 aliphatic heterocycles. The van der Waals surface area contributed by atoms with Crippen molar-refractivity contribution >= 4 is 28.6 Å². The summed E-state index contributed by atoms with van der Waals surface area (Å²) in [6.07, 6.45) is 0. The summed E-state index contributed by atoms with van der Waals surface area (Å²) < 4.78 is 27.4. The number of halogens is 1. The number of carbonyl (C=O) groups excluding carboxylic acids is 1. The molecule has 1 aromatic carbocycles. The van der Waals surface area contributed by atoms with Crippen molar-refractivity contribution in [2.75, 3.05) is 0 Å². The van der Waals surface area contributed by atoms with Gasteiger partial charge in [-0.2, -0.15) is 4.37 Å². The largest absolute Gasteiger partial charge is 0.452 e. The zero-order valence-electron chi connectivity index (χ0n) is 10.4. The highest BCUT2D eigenvalue weighted by molar-refractivity contribution is 7.03. The maximum absolute atomic E-state index is 13.0. The van der Waals surface area contributed by atoms with Gasteiger partial charge in [-0.3, -0.25) is 0 Å². The van der Waals surface area contributed by atoms with Gasteiger partial charge < -0.3 is 9.15 Å². The molecule has 0 bridgehead atoms. The molecule has 5 nitrogen and oxygen atoms in total. The molecular weight excluding hydrogens is 283 g/mol. The lowest BCUT2D eigenvalue weighted by atomic mass is 10.3. The molecule has 0 saturated carbocycles. The van der Waals surface area contributed by atoms with Crippen molar-refractivity contribution < 1.29 is 18.3 Å². The van der Waals surface area contributed by atoms with E-state index >= 15 is 0 Å². The molecule has 0 fully saturated rings. The van der Waals surface area contributed by atoms with Crippen LogP contribution in [-0.2, 0) is 11.3 Å². The number of rotatable bonds is 3. The van der Waals surface area contributed by atoms with Crippen LogP contribution in [0.2, 0.25) is 0 Å².